The van der Waals surface area contributed by atoms with Gasteiger partial charge in [-0.2, -0.15) is 0 Å². The van der Waals surface area contributed by atoms with Crippen LogP contribution in [0.4, 0.5) is 10.1 Å². The number of nitrogens with zero attached hydrogens (tertiary/aromatic N) is 1. The molecule has 0 fully saturated rings. The minimum Gasteiger partial charge on any atom is -0.494 e. The predicted molar refractivity (Wildman–Crippen MR) is 112 cm³/mol. The average molecular weight is 423 g/mol. The van der Waals surface area contributed by atoms with Crippen molar-refractivity contribution in [2.24, 2.45) is 0 Å². The smallest absolute Gasteiger partial charge is 0.251 e. The van der Waals surface area contributed by atoms with Crippen molar-refractivity contribution in [3.8, 4) is 5.75 Å². The van der Waals surface area contributed by atoms with E-state index in [2.05, 4.69) is 5.32 Å². The molecule has 0 saturated heterocycles. The van der Waals surface area contributed by atoms with Gasteiger partial charge in [-0.3, -0.25) is 9.10 Å². The molecule has 0 heterocycles. The van der Waals surface area contributed by atoms with Gasteiger partial charge in [0.2, 0.25) is 10.0 Å². The standard InChI is InChI=1S/C21H27FN2O4S/c1-5-15(3)23-21(25)16-7-12-20(28-6-2)17(13-16)14-24(29(4,26)27)19-10-8-18(22)9-11-19/h7-13,15H,5-6,14H2,1-4H3,(H,23,25)/t15-/m1/s1. The molecule has 0 unspecified atom stereocenters. The Morgan fingerprint density at radius 1 is 1.17 bits per heavy atom. The molecular formula is C21H27FN2O4S. The summed E-state index contributed by atoms with van der Waals surface area (Å²) in [6.07, 6.45) is 1.87. The van der Waals surface area contributed by atoms with Gasteiger partial charge in [-0.05, 0) is 62.7 Å². The van der Waals surface area contributed by atoms with Crippen molar-refractivity contribution in [1.82, 2.24) is 5.32 Å². The topological polar surface area (TPSA) is 75.7 Å². The van der Waals surface area contributed by atoms with Crippen LogP contribution in [0.1, 0.15) is 43.1 Å². The van der Waals surface area contributed by atoms with Crippen LogP contribution in [0.25, 0.3) is 0 Å². The lowest BCUT2D eigenvalue weighted by Gasteiger charge is -2.24. The fourth-order valence-electron chi connectivity index (χ4n) is 2.71. The fourth-order valence-corrected chi connectivity index (χ4v) is 3.59. The van der Waals surface area contributed by atoms with Gasteiger partial charge in [-0.15, -0.1) is 0 Å². The first-order valence-corrected chi connectivity index (χ1v) is 11.3. The second-order valence-electron chi connectivity index (χ2n) is 6.78. The number of nitrogens with one attached hydrogen (secondary N) is 1. The highest BCUT2D eigenvalue weighted by molar-refractivity contribution is 7.92. The molecule has 0 radical (unpaired) electrons. The first-order chi connectivity index (χ1) is 13.7. The van der Waals surface area contributed by atoms with E-state index in [-0.39, 0.29) is 18.5 Å². The maximum atomic E-state index is 13.3. The molecule has 8 heteroatoms. The second-order valence-corrected chi connectivity index (χ2v) is 8.69. The highest BCUT2D eigenvalue weighted by Gasteiger charge is 2.21. The van der Waals surface area contributed by atoms with Crippen molar-refractivity contribution >= 4 is 21.6 Å². The number of anilines is 1. The molecule has 2 rings (SSSR count). The summed E-state index contributed by atoms with van der Waals surface area (Å²) in [4.78, 5) is 12.5. The monoisotopic (exact) mass is 422 g/mol. The Kier molecular flexibility index (Phi) is 7.61. The van der Waals surface area contributed by atoms with Crippen LogP contribution >= 0.6 is 0 Å². The van der Waals surface area contributed by atoms with E-state index >= 15 is 0 Å². The van der Waals surface area contributed by atoms with Crippen molar-refractivity contribution in [2.45, 2.75) is 39.8 Å². The zero-order chi connectivity index (χ0) is 21.6. The third-order valence-corrected chi connectivity index (χ3v) is 5.58. The van der Waals surface area contributed by atoms with E-state index in [0.29, 0.717) is 29.2 Å². The molecule has 1 atom stereocenters. The summed E-state index contributed by atoms with van der Waals surface area (Å²) in [6, 6.07) is 10.2. The quantitative estimate of drug-likeness (QED) is 0.668. The summed E-state index contributed by atoms with van der Waals surface area (Å²) in [5, 5.41) is 2.89. The van der Waals surface area contributed by atoms with Crippen molar-refractivity contribution in [3.63, 3.8) is 0 Å². The van der Waals surface area contributed by atoms with Gasteiger partial charge in [-0.25, -0.2) is 12.8 Å². The molecule has 1 N–H and O–H groups in total. The summed E-state index contributed by atoms with van der Waals surface area (Å²) in [6.45, 7) is 6.04. The Bertz CT molecular complexity index is 946. The summed E-state index contributed by atoms with van der Waals surface area (Å²) in [5.41, 5.74) is 1.28. The minimum atomic E-state index is -3.66. The molecule has 1 amide bonds. The van der Waals surface area contributed by atoms with Gasteiger partial charge in [0, 0.05) is 17.2 Å². The van der Waals surface area contributed by atoms with Crippen LogP contribution in [0.15, 0.2) is 42.5 Å². The molecule has 0 aliphatic rings. The Balaban J connectivity index is 2.44. The lowest BCUT2D eigenvalue weighted by Crippen LogP contribution is -2.32. The number of rotatable bonds is 9. The van der Waals surface area contributed by atoms with E-state index < -0.39 is 15.8 Å². The number of carbonyl (C=O) groups is 1. The largest absolute Gasteiger partial charge is 0.494 e. The zero-order valence-corrected chi connectivity index (χ0v) is 17.9. The van der Waals surface area contributed by atoms with E-state index in [0.717, 1.165) is 17.0 Å². The summed E-state index contributed by atoms with van der Waals surface area (Å²) >= 11 is 0. The van der Waals surface area contributed by atoms with E-state index in [1.807, 2.05) is 20.8 Å². The fraction of sp³-hybridized carbons (Fsp3) is 0.381. The molecule has 0 aliphatic heterocycles. The number of ether oxygens (including phenoxy) is 1. The number of benzene rings is 2. The lowest BCUT2D eigenvalue weighted by molar-refractivity contribution is 0.0939. The molecule has 2 aromatic rings. The normalized spacial score (nSPS) is 12.3. The van der Waals surface area contributed by atoms with Crippen LogP contribution in [0, 0.1) is 5.82 Å². The number of carbonyl (C=O) groups excluding carboxylic acids is 1. The molecule has 6 nitrogen and oxygen atoms in total. The molecule has 0 aliphatic carbocycles. The highest BCUT2D eigenvalue weighted by Crippen LogP contribution is 2.27. The van der Waals surface area contributed by atoms with Gasteiger partial charge >= 0.3 is 0 Å². The van der Waals surface area contributed by atoms with Crippen LogP contribution < -0.4 is 14.4 Å². The van der Waals surface area contributed by atoms with E-state index in [1.54, 1.807) is 18.2 Å². The summed E-state index contributed by atoms with van der Waals surface area (Å²) < 4.78 is 44.9. The van der Waals surface area contributed by atoms with Gasteiger partial charge < -0.3 is 10.1 Å². The Morgan fingerprint density at radius 2 is 1.83 bits per heavy atom. The molecule has 158 valence electrons. The number of amides is 1. The Morgan fingerprint density at radius 3 is 2.38 bits per heavy atom. The van der Waals surface area contributed by atoms with Crippen LogP contribution in [-0.2, 0) is 16.6 Å². The van der Waals surface area contributed by atoms with Crippen LogP contribution in [0.5, 0.6) is 5.75 Å². The molecule has 0 saturated carbocycles. The van der Waals surface area contributed by atoms with Gasteiger partial charge in [-0.1, -0.05) is 6.92 Å². The SMILES string of the molecule is CCOc1ccc(C(=O)N[C@H](C)CC)cc1CN(c1ccc(F)cc1)S(C)(=O)=O. The van der Waals surface area contributed by atoms with E-state index in [4.69, 9.17) is 4.74 Å². The van der Waals surface area contributed by atoms with Crippen molar-refractivity contribution in [2.75, 3.05) is 17.2 Å². The molecule has 29 heavy (non-hydrogen) atoms. The van der Waals surface area contributed by atoms with E-state index in [1.165, 1.54) is 24.3 Å². The van der Waals surface area contributed by atoms with Gasteiger partial charge in [0.25, 0.3) is 5.91 Å². The average Bonchev–Trinajstić information content (AvgIpc) is 2.67. The van der Waals surface area contributed by atoms with Crippen LogP contribution in [-0.4, -0.2) is 33.2 Å². The molecule has 2 aromatic carbocycles. The first kappa shape index (κ1) is 22.7. The molecule has 0 aromatic heterocycles. The third kappa shape index (κ3) is 6.19. The van der Waals surface area contributed by atoms with Crippen LogP contribution in [0.2, 0.25) is 0 Å². The minimum absolute atomic E-state index is 0.0178. The predicted octanol–water partition coefficient (Wildman–Crippen LogP) is 3.72. The summed E-state index contributed by atoms with van der Waals surface area (Å²) in [7, 11) is -3.66. The number of halogens is 1. The van der Waals surface area contributed by atoms with Gasteiger partial charge in [0.05, 0.1) is 25.1 Å². The van der Waals surface area contributed by atoms with Crippen molar-refractivity contribution < 1.29 is 22.3 Å². The summed E-state index contributed by atoms with van der Waals surface area (Å²) in [5.74, 6) is -0.208. The maximum Gasteiger partial charge on any atom is 0.251 e. The van der Waals surface area contributed by atoms with E-state index in [9.17, 15) is 17.6 Å². The molecule has 0 spiro atoms. The lowest BCUT2D eigenvalue weighted by atomic mass is 10.1. The zero-order valence-electron chi connectivity index (χ0n) is 17.1. The molecular weight excluding hydrogens is 395 g/mol. The second kappa shape index (κ2) is 9.73. The number of hydrogen-bond acceptors (Lipinski definition) is 4. The maximum absolute atomic E-state index is 13.3. The highest BCUT2D eigenvalue weighted by atomic mass is 32.2. The van der Waals surface area contributed by atoms with Crippen molar-refractivity contribution in [1.29, 1.82) is 0 Å². The van der Waals surface area contributed by atoms with Gasteiger partial charge in [0.1, 0.15) is 11.6 Å². The number of hydrogen-bond donors (Lipinski definition) is 1. The Hall–Kier alpha value is -2.61. The van der Waals surface area contributed by atoms with Gasteiger partial charge in [0.15, 0.2) is 0 Å². The molecule has 0 bridgehead atoms. The van der Waals surface area contributed by atoms with Crippen LogP contribution in [0.3, 0.4) is 0 Å². The number of sulfonamides is 1. The van der Waals surface area contributed by atoms with Crippen molar-refractivity contribution in [3.05, 3.63) is 59.4 Å². The first-order valence-electron chi connectivity index (χ1n) is 9.45. The third-order valence-electron chi connectivity index (χ3n) is 4.44. The Labute approximate surface area is 171 Å².